The van der Waals surface area contributed by atoms with Crippen molar-refractivity contribution in [2.75, 3.05) is 0 Å². The summed E-state index contributed by atoms with van der Waals surface area (Å²) in [5.41, 5.74) is 0.926. The second kappa shape index (κ2) is 6.28. The number of carbonyl (C=O) groups excluding carboxylic acids is 1. The van der Waals surface area contributed by atoms with Crippen LogP contribution in [0.4, 0.5) is 0 Å². The van der Waals surface area contributed by atoms with Gasteiger partial charge in [-0.25, -0.2) is 4.79 Å². The third-order valence-electron chi connectivity index (χ3n) is 5.44. The Bertz CT molecular complexity index is 931. The van der Waals surface area contributed by atoms with Crippen molar-refractivity contribution < 1.29 is 4.79 Å². The average Bonchev–Trinajstić information content (AvgIpc) is 2.97. The molecule has 0 saturated heterocycles. The van der Waals surface area contributed by atoms with E-state index in [1.54, 1.807) is 18.2 Å². The predicted molar refractivity (Wildman–Crippen MR) is 99.0 cm³/mol. The number of nitrogens with zero attached hydrogens (tertiary/aromatic N) is 1. The number of hydrogen-bond donors (Lipinski definition) is 1. The molecule has 0 radical (unpaired) electrons. The van der Waals surface area contributed by atoms with Gasteiger partial charge in [0.15, 0.2) is 0 Å². The van der Waals surface area contributed by atoms with E-state index in [9.17, 15) is 14.4 Å². The molecule has 1 fully saturated rings. The van der Waals surface area contributed by atoms with Crippen LogP contribution in [0.5, 0.6) is 0 Å². The van der Waals surface area contributed by atoms with Crippen LogP contribution in [-0.4, -0.2) is 15.3 Å². The summed E-state index contributed by atoms with van der Waals surface area (Å²) in [6, 6.07) is 5.19. The third kappa shape index (κ3) is 3.46. The number of Topliss-reactive ketones (excluding diaryl/α,β-unsaturated/α-hetero) is 1. The van der Waals surface area contributed by atoms with Crippen molar-refractivity contribution in [3.05, 3.63) is 44.6 Å². The first-order chi connectivity index (χ1) is 11.7. The Kier molecular flexibility index (Phi) is 4.43. The summed E-state index contributed by atoms with van der Waals surface area (Å²) in [5, 5.41) is 0.484. The molecule has 3 rings (SSSR count). The van der Waals surface area contributed by atoms with Crippen molar-refractivity contribution in [2.45, 2.75) is 59.4 Å². The fourth-order valence-electron chi connectivity index (χ4n) is 3.98. The molecule has 0 bridgehead atoms. The van der Waals surface area contributed by atoms with Crippen molar-refractivity contribution in [2.24, 2.45) is 11.3 Å². The number of hydrogen-bond acceptors (Lipinski definition) is 3. The van der Waals surface area contributed by atoms with Gasteiger partial charge in [0.05, 0.1) is 10.9 Å². The molecule has 1 heterocycles. The van der Waals surface area contributed by atoms with E-state index in [0.717, 1.165) is 24.8 Å². The summed E-state index contributed by atoms with van der Waals surface area (Å²) in [6.07, 6.45) is 3.03. The molecular weight excluding hydrogens is 316 g/mol. The first-order valence-corrected chi connectivity index (χ1v) is 8.93. The van der Waals surface area contributed by atoms with Gasteiger partial charge in [0.25, 0.3) is 5.56 Å². The highest BCUT2D eigenvalue weighted by Gasteiger charge is 2.35. The molecule has 1 aromatic carbocycles. The van der Waals surface area contributed by atoms with E-state index in [4.69, 9.17) is 0 Å². The number of benzene rings is 1. The number of fused-ring (bicyclic) bond motifs is 1. The van der Waals surface area contributed by atoms with Crippen LogP contribution >= 0.6 is 0 Å². The van der Waals surface area contributed by atoms with Gasteiger partial charge in [-0.15, -0.1) is 0 Å². The lowest BCUT2D eigenvalue weighted by Crippen LogP contribution is -2.37. The van der Waals surface area contributed by atoms with Crippen molar-refractivity contribution >= 4 is 16.7 Å². The highest BCUT2D eigenvalue weighted by Crippen LogP contribution is 2.43. The third-order valence-corrected chi connectivity index (χ3v) is 5.44. The molecule has 1 aromatic heterocycles. The molecule has 2 unspecified atom stereocenters. The van der Waals surface area contributed by atoms with Gasteiger partial charge in [-0.05, 0) is 55.2 Å². The minimum Gasteiger partial charge on any atom is -0.307 e. The number of rotatable bonds is 3. The average molecular weight is 342 g/mol. The molecular formula is C20H26N2O3. The van der Waals surface area contributed by atoms with E-state index >= 15 is 0 Å². The molecule has 1 aliphatic rings. The van der Waals surface area contributed by atoms with E-state index in [-0.39, 0.29) is 28.5 Å². The molecule has 1 aliphatic carbocycles. The zero-order valence-electron chi connectivity index (χ0n) is 15.4. The number of carbonyl (C=O) groups is 1. The molecule has 134 valence electrons. The van der Waals surface area contributed by atoms with Gasteiger partial charge >= 0.3 is 5.69 Å². The minimum absolute atomic E-state index is 0.0490. The molecule has 2 atom stereocenters. The maximum absolute atomic E-state index is 13.0. The molecule has 5 nitrogen and oxygen atoms in total. The van der Waals surface area contributed by atoms with Crippen LogP contribution < -0.4 is 11.2 Å². The predicted octanol–water partition coefficient (Wildman–Crippen LogP) is 3.21. The van der Waals surface area contributed by atoms with Gasteiger partial charge < -0.3 is 4.98 Å². The lowest BCUT2D eigenvalue weighted by Gasteiger charge is -2.27. The van der Waals surface area contributed by atoms with Crippen molar-refractivity contribution in [3.8, 4) is 0 Å². The normalized spacial score (nSPS) is 21.0. The summed E-state index contributed by atoms with van der Waals surface area (Å²) < 4.78 is 1.39. The summed E-state index contributed by atoms with van der Waals surface area (Å²) in [7, 11) is 0. The van der Waals surface area contributed by atoms with Crippen molar-refractivity contribution in [1.29, 1.82) is 0 Å². The van der Waals surface area contributed by atoms with Crippen LogP contribution in [0.2, 0.25) is 0 Å². The number of nitrogens with one attached hydrogen (secondary N) is 1. The maximum atomic E-state index is 13.0. The molecule has 25 heavy (non-hydrogen) atoms. The molecule has 1 saturated carbocycles. The SMILES string of the molecule is CC(=O)Cc1ccc2[nH]c(=O)n(C3CCC(C(C)(C)C)C3)c(=O)c2c1. The fourth-order valence-corrected chi connectivity index (χ4v) is 3.98. The Morgan fingerprint density at radius 1 is 1.24 bits per heavy atom. The fraction of sp³-hybridized carbons (Fsp3) is 0.550. The molecule has 1 N–H and O–H groups in total. The smallest absolute Gasteiger partial charge is 0.307 e. The van der Waals surface area contributed by atoms with E-state index in [2.05, 4.69) is 25.8 Å². The van der Waals surface area contributed by atoms with Crippen LogP contribution in [0.25, 0.3) is 10.9 Å². The van der Waals surface area contributed by atoms with E-state index in [1.807, 2.05) is 0 Å². The Labute approximate surface area is 147 Å². The molecule has 5 heteroatoms. The van der Waals surface area contributed by atoms with Gasteiger partial charge in [-0.3, -0.25) is 14.2 Å². The van der Waals surface area contributed by atoms with Crippen LogP contribution in [0.3, 0.4) is 0 Å². The molecule has 0 amide bonds. The van der Waals surface area contributed by atoms with E-state index in [1.165, 1.54) is 11.5 Å². The van der Waals surface area contributed by atoms with Crippen LogP contribution in [-0.2, 0) is 11.2 Å². The molecule has 2 aromatic rings. The summed E-state index contributed by atoms with van der Waals surface area (Å²) in [6.45, 7) is 8.16. The number of H-pyrrole nitrogens is 1. The lowest BCUT2D eigenvalue weighted by atomic mass is 9.80. The van der Waals surface area contributed by atoms with Gasteiger partial charge in [-0.2, -0.15) is 0 Å². The number of aromatic amines is 1. The zero-order chi connectivity index (χ0) is 18.4. The highest BCUT2D eigenvalue weighted by atomic mass is 16.2. The van der Waals surface area contributed by atoms with Gasteiger partial charge in [0.2, 0.25) is 0 Å². The van der Waals surface area contributed by atoms with Crippen LogP contribution in [0, 0.1) is 11.3 Å². The summed E-state index contributed by atoms with van der Waals surface area (Å²) >= 11 is 0. The van der Waals surface area contributed by atoms with Gasteiger partial charge in [0.1, 0.15) is 5.78 Å². The van der Waals surface area contributed by atoms with Crippen molar-refractivity contribution in [1.82, 2.24) is 9.55 Å². The topological polar surface area (TPSA) is 71.9 Å². The van der Waals surface area contributed by atoms with Gasteiger partial charge in [-0.1, -0.05) is 26.8 Å². The zero-order valence-corrected chi connectivity index (χ0v) is 15.4. The van der Waals surface area contributed by atoms with Gasteiger partial charge in [0, 0.05) is 12.5 Å². The Morgan fingerprint density at radius 3 is 2.56 bits per heavy atom. The van der Waals surface area contributed by atoms with Crippen LogP contribution in [0.1, 0.15) is 58.6 Å². The quantitative estimate of drug-likeness (QED) is 0.931. The minimum atomic E-state index is -0.337. The lowest BCUT2D eigenvalue weighted by molar-refractivity contribution is -0.116. The summed E-state index contributed by atoms with van der Waals surface area (Å²) in [5.74, 6) is 0.552. The van der Waals surface area contributed by atoms with Crippen LogP contribution in [0.15, 0.2) is 27.8 Å². The Balaban J connectivity index is 2.05. The highest BCUT2D eigenvalue weighted by molar-refractivity contribution is 5.82. The second-order valence-corrected chi connectivity index (χ2v) is 8.39. The standard InChI is InChI=1S/C20H26N2O3/c1-12(23)9-13-5-8-17-16(10-13)18(24)22(19(25)21-17)15-7-6-14(11-15)20(2,3)4/h5,8,10,14-15H,6-7,9,11H2,1-4H3,(H,21,25). The second-order valence-electron chi connectivity index (χ2n) is 8.39. The Morgan fingerprint density at radius 2 is 1.96 bits per heavy atom. The monoisotopic (exact) mass is 342 g/mol. The first-order valence-electron chi connectivity index (χ1n) is 8.93. The maximum Gasteiger partial charge on any atom is 0.329 e. The van der Waals surface area contributed by atoms with E-state index in [0.29, 0.717) is 23.2 Å². The summed E-state index contributed by atoms with van der Waals surface area (Å²) in [4.78, 5) is 39.7. The van der Waals surface area contributed by atoms with Crippen molar-refractivity contribution in [3.63, 3.8) is 0 Å². The van der Waals surface area contributed by atoms with E-state index < -0.39 is 0 Å². The first kappa shape index (κ1) is 17.6. The number of aromatic nitrogens is 2. The molecule has 0 spiro atoms. The molecule has 0 aliphatic heterocycles. The number of ketones is 1. The Hall–Kier alpha value is -2.17. The largest absolute Gasteiger partial charge is 0.329 e.